The van der Waals surface area contributed by atoms with Gasteiger partial charge < -0.3 is 10.6 Å². The number of anilines is 3. The molecule has 0 aliphatic carbocycles. The number of hydrogen-bond acceptors (Lipinski definition) is 4. The Morgan fingerprint density at radius 3 is 2.50 bits per heavy atom. The fourth-order valence-corrected chi connectivity index (χ4v) is 2.60. The Morgan fingerprint density at radius 1 is 0.917 bits per heavy atom. The zero-order valence-electron chi connectivity index (χ0n) is 13.2. The number of hydrogen-bond donors (Lipinski definition) is 2. The number of nitrogens with zero attached hydrogens (tertiary/aromatic N) is 2. The second kappa shape index (κ2) is 8.45. The molecule has 1 heterocycles. The van der Waals surface area contributed by atoms with Crippen molar-refractivity contribution in [2.75, 3.05) is 17.2 Å². The lowest BCUT2D eigenvalue weighted by Gasteiger charge is -2.08. The van der Waals surface area contributed by atoms with Crippen molar-refractivity contribution in [2.45, 2.75) is 12.8 Å². The van der Waals surface area contributed by atoms with Crippen LogP contribution in [0.2, 0.25) is 0 Å². The maximum atomic E-state index is 4.49. The maximum Gasteiger partial charge on any atom is 0.229 e. The molecular formula is C19H19BrN4. The summed E-state index contributed by atoms with van der Waals surface area (Å²) < 4.78 is 1.04. The van der Waals surface area contributed by atoms with Gasteiger partial charge in [0.25, 0.3) is 0 Å². The van der Waals surface area contributed by atoms with E-state index in [2.05, 4.69) is 60.8 Å². The molecule has 0 amide bonds. The molecule has 0 atom stereocenters. The molecule has 1 aromatic heterocycles. The number of halogens is 1. The number of rotatable bonds is 7. The van der Waals surface area contributed by atoms with Crippen LogP contribution in [0.5, 0.6) is 0 Å². The van der Waals surface area contributed by atoms with Crippen molar-refractivity contribution in [3.63, 3.8) is 0 Å². The van der Waals surface area contributed by atoms with Gasteiger partial charge in [0, 0.05) is 22.9 Å². The predicted molar refractivity (Wildman–Crippen MR) is 103 cm³/mol. The molecule has 122 valence electrons. The van der Waals surface area contributed by atoms with Gasteiger partial charge in [-0.15, -0.1) is 0 Å². The fourth-order valence-electron chi connectivity index (χ4n) is 2.33. The molecule has 0 saturated carbocycles. The Labute approximate surface area is 150 Å². The van der Waals surface area contributed by atoms with Crippen molar-refractivity contribution in [3.8, 4) is 0 Å². The summed E-state index contributed by atoms with van der Waals surface area (Å²) in [6.07, 6.45) is 3.88. The third kappa shape index (κ3) is 5.06. The first-order valence-corrected chi connectivity index (χ1v) is 8.72. The molecule has 0 fully saturated rings. The lowest BCUT2D eigenvalue weighted by atomic mass is 10.1. The Bertz CT molecular complexity index is 760. The van der Waals surface area contributed by atoms with Crippen molar-refractivity contribution >= 4 is 33.4 Å². The second-order valence-electron chi connectivity index (χ2n) is 5.41. The smallest absolute Gasteiger partial charge is 0.229 e. The van der Waals surface area contributed by atoms with Gasteiger partial charge in [0.15, 0.2) is 0 Å². The number of nitrogens with one attached hydrogen (secondary N) is 2. The van der Waals surface area contributed by atoms with Crippen molar-refractivity contribution in [1.29, 1.82) is 0 Å². The number of aryl methyl sites for hydroxylation is 1. The quantitative estimate of drug-likeness (QED) is 0.562. The third-order valence-corrected chi connectivity index (χ3v) is 4.08. The van der Waals surface area contributed by atoms with E-state index >= 15 is 0 Å². The first-order valence-electron chi connectivity index (χ1n) is 7.93. The fraction of sp³-hybridized carbons (Fsp3) is 0.158. The van der Waals surface area contributed by atoms with Gasteiger partial charge in [-0.05, 0) is 48.7 Å². The van der Waals surface area contributed by atoms with Gasteiger partial charge in [-0.1, -0.05) is 46.3 Å². The summed E-state index contributed by atoms with van der Waals surface area (Å²) in [7, 11) is 0. The molecular weight excluding hydrogens is 364 g/mol. The number of aromatic nitrogens is 2. The van der Waals surface area contributed by atoms with Crippen molar-refractivity contribution in [2.24, 2.45) is 0 Å². The van der Waals surface area contributed by atoms with E-state index in [0.717, 1.165) is 35.4 Å². The molecule has 0 unspecified atom stereocenters. The van der Waals surface area contributed by atoms with Gasteiger partial charge in [0.2, 0.25) is 5.95 Å². The Morgan fingerprint density at radius 2 is 1.71 bits per heavy atom. The van der Waals surface area contributed by atoms with Crippen molar-refractivity contribution in [1.82, 2.24) is 9.97 Å². The van der Waals surface area contributed by atoms with Crippen LogP contribution in [-0.2, 0) is 6.42 Å². The van der Waals surface area contributed by atoms with Crippen LogP contribution in [0.1, 0.15) is 12.0 Å². The normalized spacial score (nSPS) is 10.4. The van der Waals surface area contributed by atoms with Gasteiger partial charge in [-0.3, -0.25) is 0 Å². The van der Waals surface area contributed by atoms with E-state index in [4.69, 9.17) is 0 Å². The van der Waals surface area contributed by atoms with Crippen LogP contribution in [0, 0.1) is 0 Å². The Balaban J connectivity index is 1.50. The summed E-state index contributed by atoms with van der Waals surface area (Å²) in [6, 6.07) is 20.3. The summed E-state index contributed by atoms with van der Waals surface area (Å²) >= 11 is 3.43. The molecule has 3 aromatic rings. The summed E-state index contributed by atoms with van der Waals surface area (Å²) in [5.74, 6) is 1.42. The van der Waals surface area contributed by atoms with Crippen LogP contribution in [0.3, 0.4) is 0 Å². The lowest BCUT2D eigenvalue weighted by molar-refractivity contribution is 0.858. The van der Waals surface area contributed by atoms with Crippen molar-refractivity contribution < 1.29 is 0 Å². The van der Waals surface area contributed by atoms with E-state index in [-0.39, 0.29) is 0 Å². The van der Waals surface area contributed by atoms with Gasteiger partial charge in [-0.2, -0.15) is 4.98 Å². The average molecular weight is 383 g/mol. The van der Waals surface area contributed by atoms with E-state index in [0.29, 0.717) is 5.95 Å². The van der Waals surface area contributed by atoms with E-state index in [1.165, 1.54) is 5.56 Å². The molecule has 0 aliphatic heterocycles. The molecule has 0 bridgehead atoms. The SMILES string of the molecule is Brc1ccc(Nc2nccc(NCCCc3ccccc3)n2)cc1. The highest BCUT2D eigenvalue weighted by Crippen LogP contribution is 2.17. The van der Waals surface area contributed by atoms with E-state index in [1.54, 1.807) is 6.20 Å². The third-order valence-electron chi connectivity index (χ3n) is 3.55. The molecule has 2 N–H and O–H groups in total. The zero-order valence-corrected chi connectivity index (χ0v) is 14.8. The van der Waals surface area contributed by atoms with E-state index in [1.807, 2.05) is 36.4 Å². The molecule has 4 nitrogen and oxygen atoms in total. The standard InChI is InChI=1S/C19H19BrN4/c20-16-8-10-17(11-9-16)23-19-22-14-12-18(24-19)21-13-4-7-15-5-2-1-3-6-15/h1-3,5-6,8-12,14H,4,7,13H2,(H2,21,22,23,24). The minimum absolute atomic E-state index is 0.588. The average Bonchev–Trinajstić information content (AvgIpc) is 2.62. The monoisotopic (exact) mass is 382 g/mol. The Kier molecular flexibility index (Phi) is 5.80. The lowest BCUT2D eigenvalue weighted by Crippen LogP contribution is -2.06. The topological polar surface area (TPSA) is 49.8 Å². The summed E-state index contributed by atoms with van der Waals surface area (Å²) in [6.45, 7) is 0.879. The van der Waals surface area contributed by atoms with Crippen LogP contribution < -0.4 is 10.6 Å². The molecule has 0 radical (unpaired) electrons. The first-order chi connectivity index (χ1) is 11.8. The van der Waals surface area contributed by atoms with Crippen molar-refractivity contribution in [3.05, 3.63) is 76.9 Å². The van der Waals surface area contributed by atoms with E-state index < -0.39 is 0 Å². The molecule has 0 spiro atoms. The summed E-state index contributed by atoms with van der Waals surface area (Å²) in [5, 5.41) is 6.56. The van der Waals surface area contributed by atoms with Crippen LogP contribution in [0.4, 0.5) is 17.5 Å². The minimum Gasteiger partial charge on any atom is -0.370 e. The highest BCUT2D eigenvalue weighted by Gasteiger charge is 2.00. The summed E-state index contributed by atoms with van der Waals surface area (Å²) in [5.41, 5.74) is 2.32. The van der Waals surface area contributed by atoms with Crippen LogP contribution in [0.15, 0.2) is 71.3 Å². The minimum atomic E-state index is 0.588. The van der Waals surface area contributed by atoms with Gasteiger partial charge in [0.05, 0.1) is 0 Å². The highest BCUT2D eigenvalue weighted by molar-refractivity contribution is 9.10. The van der Waals surface area contributed by atoms with Crippen LogP contribution in [0.25, 0.3) is 0 Å². The molecule has 24 heavy (non-hydrogen) atoms. The van der Waals surface area contributed by atoms with Gasteiger partial charge in [-0.25, -0.2) is 4.98 Å². The maximum absolute atomic E-state index is 4.49. The highest BCUT2D eigenvalue weighted by atomic mass is 79.9. The molecule has 2 aromatic carbocycles. The predicted octanol–water partition coefficient (Wildman–Crippen LogP) is 5.03. The molecule has 0 saturated heterocycles. The summed E-state index contributed by atoms with van der Waals surface area (Å²) in [4.78, 5) is 8.75. The largest absolute Gasteiger partial charge is 0.370 e. The zero-order chi connectivity index (χ0) is 16.6. The van der Waals surface area contributed by atoms with Gasteiger partial charge in [0.1, 0.15) is 5.82 Å². The van der Waals surface area contributed by atoms with Crippen LogP contribution >= 0.6 is 15.9 Å². The van der Waals surface area contributed by atoms with Gasteiger partial charge >= 0.3 is 0 Å². The first kappa shape index (κ1) is 16.5. The van der Waals surface area contributed by atoms with Crippen LogP contribution in [-0.4, -0.2) is 16.5 Å². The van der Waals surface area contributed by atoms with E-state index in [9.17, 15) is 0 Å². The molecule has 5 heteroatoms. The second-order valence-corrected chi connectivity index (χ2v) is 6.33. The molecule has 3 rings (SSSR count). The molecule has 0 aliphatic rings. The number of benzene rings is 2. The Hall–Kier alpha value is -2.40.